The topological polar surface area (TPSA) is 52.2 Å². The first-order valence-corrected chi connectivity index (χ1v) is 10.5. The number of hydrogen-bond donors (Lipinski definition) is 1. The van der Waals surface area contributed by atoms with Gasteiger partial charge in [0.1, 0.15) is 5.75 Å². The second kappa shape index (κ2) is 8.58. The van der Waals surface area contributed by atoms with Crippen LogP contribution in [0.3, 0.4) is 0 Å². The molecule has 1 aliphatic heterocycles. The lowest BCUT2D eigenvalue weighted by Crippen LogP contribution is -2.30. The lowest BCUT2D eigenvalue weighted by molar-refractivity contribution is 0.0584. The third-order valence-corrected chi connectivity index (χ3v) is 5.95. The lowest BCUT2D eigenvalue weighted by atomic mass is 10.0. The summed E-state index contributed by atoms with van der Waals surface area (Å²) in [5, 5.41) is 0. The van der Waals surface area contributed by atoms with Gasteiger partial charge in [-0.1, -0.05) is 44.2 Å². The molecule has 1 N–H and O–H groups in total. The summed E-state index contributed by atoms with van der Waals surface area (Å²) in [5.41, 5.74) is 7.00. The van der Waals surface area contributed by atoms with E-state index in [0.717, 1.165) is 48.6 Å². The Labute approximate surface area is 178 Å². The Balaban J connectivity index is 1.65. The van der Waals surface area contributed by atoms with E-state index in [0.29, 0.717) is 18.1 Å². The minimum Gasteiger partial charge on any atom is -0.493 e. The van der Waals surface area contributed by atoms with Crippen LogP contribution in [0.2, 0.25) is 0 Å². The zero-order chi connectivity index (χ0) is 21.1. The van der Waals surface area contributed by atoms with Crippen LogP contribution in [0.5, 0.6) is 17.2 Å². The van der Waals surface area contributed by atoms with Crippen LogP contribution in [0.15, 0.2) is 48.0 Å². The Morgan fingerprint density at radius 1 is 1.03 bits per heavy atom. The summed E-state index contributed by atoms with van der Waals surface area (Å²) in [6, 6.07) is 14.2. The molecule has 1 atom stereocenters. The summed E-state index contributed by atoms with van der Waals surface area (Å²) >= 11 is 0. The molecule has 1 fully saturated rings. The molecule has 0 radical (unpaired) electrons. The summed E-state index contributed by atoms with van der Waals surface area (Å²) in [6.45, 7) is 7.82. The maximum Gasteiger partial charge on any atom is 0.164 e. The Hall–Kier alpha value is -2.70. The van der Waals surface area contributed by atoms with Crippen molar-refractivity contribution in [2.24, 2.45) is 0 Å². The van der Waals surface area contributed by atoms with Crippen LogP contribution >= 0.6 is 0 Å². The van der Waals surface area contributed by atoms with Crippen molar-refractivity contribution in [3.8, 4) is 17.2 Å². The first-order valence-electron chi connectivity index (χ1n) is 10.5. The summed E-state index contributed by atoms with van der Waals surface area (Å²) < 4.78 is 17.5. The number of methoxy groups -OCH3 is 2. The number of benzene rings is 2. The highest BCUT2D eigenvalue weighted by atomic mass is 16.6. The average Bonchev–Trinajstić information content (AvgIpc) is 3.53. The van der Waals surface area contributed by atoms with Crippen molar-refractivity contribution in [2.75, 3.05) is 40.5 Å². The predicted octanol–water partition coefficient (Wildman–Crippen LogP) is 3.97. The number of nitrogens with one attached hydrogen (secondary N) is 1. The number of ether oxygens (including phenoxy) is 3. The van der Waals surface area contributed by atoms with Crippen LogP contribution < -0.4 is 19.7 Å². The normalized spacial score (nSPS) is 19.1. The molecule has 2 aromatic carbocycles. The standard InChI is InChI=1S/C24H30N2O4/c1-5-26(6-2)12-13-29-25-23-18-14-21(27-3)22(28-4)15-20(18)30-24(16-19(23)24)17-10-8-7-9-11-17/h7-11,14-15,25H,5-6,12-13,16H2,1-4H3. The number of fused-ring (bicyclic) bond motifs is 2. The summed E-state index contributed by atoms with van der Waals surface area (Å²) in [7, 11) is 3.27. The first kappa shape index (κ1) is 20.6. The van der Waals surface area contributed by atoms with Gasteiger partial charge in [0.25, 0.3) is 0 Å². The molecule has 160 valence electrons. The van der Waals surface area contributed by atoms with Gasteiger partial charge in [-0.25, -0.2) is 0 Å². The molecule has 2 aromatic rings. The summed E-state index contributed by atoms with van der Waals surface area (Å²) in [5.74, 6) is 2.06. The number of nitrogens with zero attached hydrogens (tertiary/aromatic N) is 1. The molecule has 1 saturated carbocycles. The quantitative estimate of drug-likeness (QED) is 0.473. The minimum absolute atomic E-state index is 0.446. The largest absolute Gasteiger partial charge is 0.493 e. The van der Waals surface area contributed by atoms with Crippen molar-refractivity contribution >= 4 is 5.70 Å². The van der Waals surface area contributed by atoms with Crippen molar-refractivity contribution in [3.63, 3.8) is 0 Å². The van der Waals surface area contributed by atoms with E-state index in [1.807, 2.05) is 30.3 Å². The van der Waals surface area contributed by atoms with Crippen molar-refractivity contribution in [1.29, 1.82) is 0 Å². The third-order valence-electron chi connectivity index (χ3n) is 5.95. The van der Waals surface area contributed by atoms with E-state index >= 15 is 0 Å². The fourth-order valence-corrected chi connectivity index (χ4v) is 4.08. The highest BCUT2D eigenvalue weighted by Crippen LogP contribution is 2.61. The summed E-state index contributed by atoms with van der Waals surface area (Å²) in [6.07, 6.45) is 0.818. The molecule has 1 unspecified atom stereocenters. The molecule has 6 nitrogen and oxygen atoms in total. The second-order valence-electron chi connectivity index (χ2n) is 7.51. The van der Waals surface area contributed by atoms with Crippen molar-refractivity contribution in [3.05, 3.63) is 59.2 Å². The molecule has 0 amide bonds. The molecule has 0 aromatic heterocycles. The van der Waals surface area contributed by atoms with Gasteiger partial charge >= 0.3 is 0 Å². The van der Waals surface area contributed by atoms with Gasteiger partial charge < -0.3 is 19.1 Å². The van der Waals surface area contributed by atoms with Crippen LogP contribution in [0.25, 0.3) is 5.70 Å². The van der Waals surface area contributed by atoms with Gasteiger partial charge in [-0.15, -0.1) is 0 Å². The molecule has 30 heavy (non-hydrogen) atoms. The van der Waals surface area contributed by atoms with Crippen LogP contribution in [0.4, 0.5) is 0 Å². The third kappa shape index (κ3) is 3.61. The fraction of sp³-hybridized carbons (Fsp3) is 0.417. The zero-order valence-electron chi connectivity index (χ0n) is 18.2. The Morgan fingerprint density at radius 3 is 2.40 bits per heavy atom. The molecule has 0 saturated heterocycles. The molecule has 6 heteroatoms. The fourth-order valence-electron chi connectivity index (χ4n) is 4.08. The predicted molar refractivity (Wildman–Crippen MR) is 117 cm³/mol. The second-order valence-corrected chi connectivity index (χ2v) is 7.51. The number of rotatable bonds is 10. The molecule has 1 heterocycles. The maximum absolute atomic E-state index is 6.53. The molecule has 4 rings (SSSR count). The molecule has 0 bridgehead atoms. The smallest absolute Gasteiger partial charge is 0.164 e. The highest BCUT2D eigenvalue weighted by molar-refractivity contribution is 5.82. The molecular weight excluding hydrogens is 380 g/mol. The van der Waals surface area contributed by atoms with Gasteiger partial charge in [0.2, 0.25) is 0 Å². The van der Waals surface area contributed by atoms with Gasteiger partial charge in [0.15, 0.2) is 17.1 Å². The van der Waals surface area contributed by atoms with Crippen LogP contribution in [0.1, 0.15) is 31.4 Å². The Kier molecular flexibility index (Phi) is 5.88. The highest BCUT2D eigenvalue weighted by Gasteiger charge is 2.58. The average molecular weight is 411 g/mol. The van der Waals surface area contributed by atoms with E-state index in [2.05, 4.69) is 36.4 Å². The number of hydroxylamine groups is 1. The molecule has 2 aliphatic rings. The van der Waals surface area contributed by atoms with E-state index in [-0.39, 0.29) is 0 Å². The van der Waals surface area contributed by atoms with Gasteiger partial charge in [-0.05, 0) is 19.2 Å². The number of likely N-dealkylation sites (N-methyl/N-ethyl adjacent to an activating group) is 1. The van der Waals surface area contributed by atoms with Crippen molar-refractivity contribution in [1.82, 2.24) is 10.4 Å². The van der Waals surface area contributed by atoms with Gasteiger partial charge in [-0.3, -0.25) is 10.3 Å². The summed E-state index contributed by atoms with van der Waals surface area (Å²) in [4.78, 5) is 8.23. The van der Waals surface area contributed by atoms with E-state index in [1.165, 1.54) is 5.57 Å². The van der Waals surface area contributed by atoms with Crippen LogP contribution in [0, 0.1) is 0 Å². The Bertz CT molecular complexity index is 924. The lowest BCUT2D eigenvalue weighted by Gasteiger charge is -2.27. The molecule has 0 spiro atoms. The SMILES string of the molecule is CCN(CC)CCONC1=C2CC2(c2ccccc2)Oc2cc(OC)c(OC)cc21. The van der Waals surface area contributed by atoms with Crippen molar-refractivity contribution in [2.45, 2.75) is 25.9 Å². The van der Waals surface area contributed by atoms with Gasteiger partial charge in [0, 0.05) is 35.7 Å². The Morgan fingerprint density at radius 2 is 1.73 bits per heavy atom. The van der Waals surface area contributed by atoms with E-state index < -0.39 is 5.60 Å². The van der Waals surface area contributed by atoms with Crippen LogP contribution in [-0.4, -0.2) is 45.4 Å². The monoisotopic (exact) mass is 410 g/mol. The van der Waals surface area contributed by atoms with E-state index in [9.17, 15) is 0 Å². The van der Waals surface area contributed by atoms with Gasteiger partial charge in [0.05, 0.1) is 26.5 Å². The first-order chi connectivity index (χ1) is 14.7. The molecular formula is C24H30N2O4. The zero-order valence-corrected chi connectivity index (χ0v) is 18.2. The van der Waals surface area contributed by atoms with Crippen molar-refractivity contribution < 1.29 is 19.0 Å². The van der Waals surface area contributed by atoms with Gasteiger partial charge in [-0.2, -0.15) is 0 Å². The van der Waals surface area contributed by atoms with Crippen LogP contribution in [-0.2, 0) is 10.4 Å². The van der Waals surface area contributed by atoms with E-state index in [4.69, 9.17) is 19.0 Å². The minimum atomic E-state index is -0.446. The van der Waals surface area contributed by atoms with E-state index in [1.54, 1.807) is 14.2 Å². The number of hydrogen-bond acceptors (Lipinski definition) is 6. The molecule has 1 aliphatic carbocycles. The maximum atomic E-state index is 6.53.